The molecule has 0 amide bonds. The maximum atomic E-state index is 2.56. The molecule has 0 aromatic heterocycles. The largest absolute Gasteiger partial charge is 0.294 e. The molecule has 13 heavy (non-hydrogen) atoms. The lowest BCUT2D eigenvalue weighted by Gasteiger charge is -2.41. The van der Waals surface area contributed by atoms with Gasteiger partial charge in [0.2, 0.25) is 0 Å². The predicted molar refractivity (Wildman–Crippen MR) is 59.9 cm³/mol. The number of nitrogens with zero attached hydrogens (tertiary/aromatic N) is 2. The van der Waals surface area contributed by atoms with E-state index in [9.17, 15) is 0 Å². The Morgan fingerprint density at radius 3 is 1.38 bits per heavy atom. The minimum Gasteiger partial charge on any atom is -0.294 e. The van der Waals surface area contributed by atoms with Crippen molar-refractivity contribution in [1.29, 1.82) is 0 Å². The second-order valence-electron chi connectivity index (χ2n) is 4.49. The average Bonchev–Trinajstić information content (AvgIpc) is 1.97. The van der Waals surface area contributed by atoms with Crippen LogP contribution < -0.4 is 0 Å². The Hall–Kier alpha value is -0.0800. The first-order chi connectivity index (χ1) is 5.91. The third-order valence-corrected chi connectivity index (χ3v) is 2.50. The van der Waals surface area contributed by atoms with Crippen LogP contribution in [0, 0.1) is 0 Å². The molecule has 0 rings (SSSR count). The molecule has 2 heteroatoms. The normalized spacial score (nSPS) is 15.0. The highest BCUT2D eigenvalue weighted by Gasteiger charge is 2.23. The van der Waals surface area contributed by atoms with Crippen LogP contribution in [0.4, 0.5) is 0 Å². The summed E-state index contributed by atoms with van der Waals surface area (Å²) in [5, 5.41) is 0. The van der Waals surface area contributed by atoms with E-state index < -0.39 is 0 Å². The summed E-state index contributed by atoms with van der Waals surface area (Å²) in [5.74, 6) is 0. The molecular weight excluding hydrogens is 160 g/mol. The maximum absolute atomic E-state index is 2.56. The van der Waals surface area contributed by atoms with Crippen molar-refractivity contribution >= 4 is 0 Å². The van der Waals surface area contributed by atoms with Gasteiger partial charge in [-0.05, 0) is 48.2 Å². The minimum atomic E-state index is 0.569. The van der Waals surface area contributed by atoms with Gasteiger partial charge in [0.1, 0.15) is 0 Å². The third kappa shape index (κ3) is 3.65. The highest BCUT2D eigenvalue weighted by atomic mass is 15.3. The molecule has 1 atom stereocenters. The molecule has 0 spiro atoms. The van der Waals surface area contributed by atoms with Gasteiger partial charge in [-0.15, -0.1) is 0 Å². The Bertz CT molecular complexity index is 122. The van der Waals surface area contributed by atoms with E-state index in [2.05, 4.69) is 58.5 Å². The Kier molecular flexibility index (Phi) is 5.57. The van der Waals surface area contributed by atoms with Gasteiger partial charge in [0.15, 0.2) is 0 Å². The fraction of sp³-hybridized carbons (Fsp3) is 1.00. The van der Waals surface area contributed by atoms with Crippen LogP contribution in [0.5, 0.6) is 0 Å². The van der Waals surface area contributed by atoms with Gasteiger partial charge in [0.05, 0.1) is 6.17 Å². The number of hydrogen-bond donors (Lipinski definition) is 0. The van der Waals surface area contributed by atoms with Crippen molar-refractivity contribution in [3.05, 3.63) is 0 Å². The molecule has 0 radical (unpaired) electrons. The van der Waals surface area contributed by atoms with Gasteiger partial charge in [0, 0.05) is 12.1 Å². The van der Waals surface area contributed by atoms with E-state index >= 15 is 0 Å². The third-order valence-electron chi connectivity index (χ3n) is 2.50. The van der Waals surface area contributed by atoms with Gasteiger partial charge in [-0.3, -0.25) is 9.80 Å². The first-order valence-corrected chi connectivity index (χ1v) is 5.35. The lowest BCUT2D eigenvalue weighted by Crippen LogP contribution is -2.51. The predicted octanol–water partition coefficient (Wildman–Crippen LogP) is 2.40. The molecule has 0 aliphatic carbocycles. The molecule has 80 valence electrons. The van der Waals surface area contributed by atoms with Crippen molar-refractivity contribution < 1.29 is 0 Å². The van der Waals surface area contributed by atoms with E-state index in [0.717, 1.165) is 0 Å². The summed E-state index contributed by atoms with van der Waals surface area (Å²) >= 11 is 0. The van der Waals surface area contributed by atoms with E-state index in [1.165, 1.54) is 6.42 Å². The summed E-state index contributed by atoms with van der Waals surface area (Å²) in [4.78, 5) is 4.86. The molecule has 0 aliphatic heterocycles. The second kappa shape index (κ2) is 5.61. The van der Waals surface area contributed by atoms with E-state index in [1.807, 2.05) is 0 Å². The highest BCUT2D eigenvalue weighted by Crippen LogP contribution is 2.14. The van der Waals surface area contributed by atoms with Crippen LogP contribution in [0.15, 0.2) is 0 Å². The van der Waals surface area contributed by atoms with Crippen molar-refractivity contribution in [2.24, 2.45) is 0 Å². The first-order valence-electron chi connectivity index (χ1n) is 5.35. The van der Waals surface area contributed by atoms with Crippen LogP contribution in [-0.2, 0) is 0 Å². The minimum absolute atomic E-state index is 0.569. The Morgan fingerprint density at radius 2 is 1.31 bits per heavy atom. The van der Waals surface area contributed by atoms with Crippen LogP contribution >= 0.6 is 0 Å². The zero-order valence-corrected chi connectivity index (χ0v) is 10.3. The topological polar surface area (TPSA) is 6.48 Å². The van der Waals surface area contributed by atoms with Crippen molar-refractivity contribution in [2.75, 3.05) is 14.1 Å². The standard InChI is InChI=1S/C11H26N2/c1-8-11(12(6)7)13(9(2)3)10(4)5/h9-11H,8H2,1-7H3. The first kappa shape index (κ1) is 12.9. The van der Waals surface area contributed by atoms with E-state index in [0.29, 0.717) is 18.2 Å². The molecule has 2 nitrogen and oxygen atoms in total. The van der Waals surface area contributed by atoms with Crippen molar-refractivity contribution in [3.8, 4) is 0 Å². The fourth-order valence-electron chi connectivity index (χ4n) is 2.13. The van der Waals surface area contributed by atoms with Crippen molar-refractivity contribution in [2.45, 2.75) is 59.3 Å². The SMILES string of the molecule is CCC(N(C)C)N(C(C)C)C(C)C. The molecule has 0 N–H and O–H groups in total. The summed E-state index contributed by atoms with van der Waals surface area (Å²) in [6.07, 6.45) is 1.75. The number of hydrogen-bond acceptors (Lipinski definition) is 2. The summed E-state index contributed by atoms with van der Waals surface area (Å²) in [7, 11) is 4.32. The quantitative estimate of drug-likeness (QED) is 0.608. The number of rotatable bonds is 5. The van der Waals surface area contributed by atoms with Gasteiger partial charge in [0.25, 0.3) is 0 Å². The average molecular weight is 186 g/mol. The van der Waals surface area contributed by atoms with Gasteiger partial charge in [-0.2, -0.15) is 0 Å². The lowest BCUT2D eigenvalue weighted by molar-refractivity contribution is 0.0234. The monoisotopic (exact) mass is 186 g/mol. The Morgan fingerprint density at radius 1 is 0.923 bits per heavy atom. The molecule has 0 bridgehead atoms. The van der Waals surface area contributed by atoms with E-state index in [-0.39, 0.29) is 0 Å². The van der Waals surface area contributed by atoms with Crippen molar-refractivity contribution in [1.82, 2.24) is 9.80 Å². The zero-order chi connectivity index (χ0) is 10.6. The van der Waals surface area contributed by atoms with Gasteiger partial charge in [-0.25, -0.2) is 0 Å². The van der Waals surface area contributed by atoms with Crippen LogP contribution in [0.25, 0.3) is 0 Å². The second-order valence-corrected chi connectivity index (χ2v) is 4.49. The lowest BCUT2D eigenvalue weighted by atomic mass is 10.1. The van der Waals surface area contributed by atoms with Crippen LogP contribution in [0.3, 0.4) is 0 Å². The molecule has 0 saturated carbocycles. The molecule has 1 unspecified atom stereocenters. The highest BCUT2D eigenvalue weighted by molar-refractivity contribution is 4.74. The van der Waals surface area contributed by atoms with Gasteiger partial charge in [-0.1, -0.05) is 6.92 Å². The van der Waals surface area contributed by atoms with Crippen LogP contribution in [-0.4, -0.2) is 42.1 Å². The summed E-state index contributed by atoms with van der Waals surface area (Å²) in [5.41, 5.74) is 0. The summed E-state index contributed by atoms with van der Waals surface area (Å²) < 4.78 is 0. The van der Waals surface area contributed by atoms with Crippen molar-refractivity contribution in [3.63, 3.8) is 0 Å². The van der Waals surface area contributed by atoms with Gasteiger partial charge >= 0.3 is 0 Å². The summed E-state index contributed by atoms with van der Waals surface area (Å²) in [6.45, 7) is 11.3. The van der Waals surface area contributed by atoms with Crippen LogP contribution in [0.1, 0.15) is 41.0 Å². The molecule has 0 saturated heterocycles. The molecular formula is C11H26N2. The molecule has 0 aliphatic rings. The van der Waals surface area contributed by atoms with E-state index in [1.54, 1.807) is 0 Å². The Balaban J connectivity index is 4.49. The Labute approximate surface area is 83.9 Å². The molecule has 0 aromatic rings. The molecule has 0 heterocycles. The fourth-order valence-corrected chi connectivity index (χ4v) is 2.13. The molecule has 0 fully saturated rings. The smallest absolute Gasteiger partial charge is 0.0619 e. The van der Waals surface area contributed by atoms with E-state index in [4.69, 9.17) is 0 Å². The molecule has 0 aromatic carbocycles. The summed E-state index contributed by atoms with van der Waals surface area (Å²) in [6, 6.07) is 1.24. The van der Waals surface area contributed by atoms with Gasteiger partial charge < -0.3 is 0 Å². The maximum Gasteiger partial charge on any atom is 0.0619 e. The zero-order valence-electron chi connectivity index (χ0n) is 10.3. The van der Waals surface area contributed by atoms with Crippen LogP contribution in [0.2, 0.25) is 0 Å².